The van der Waals surface area contributed by atoms with Crippen molar-refractivity contribution in [3.05, 3.63) is 84.7 Å². The lowest BCUT2D eigenvalue weighted by molar-refractivity contribution is 0.0730. The van der Waals surface area contributed by atoms with Crippen molar-refractivity contribution < 1.29 is 13.2 Å². The minimum Gasteiger partial charge on any atom is -0.379 e. The number of hydrogen-bond donors (Lipinski definition) is 0. The number of benzene rings is 2. The average Bonchev–Trinajstić information content (AvgIpc) is 3.33. The summed E-state index contributed by atoms with van der Waals surface area (Å²) < 4.78 is 34.9. The summed E-state index contributed by atoms with van der Waals surface area (Å²) >= 11 is 1.51. The van der Waals surface area contributed by atoms with Crippen molar-refractivity contribution in [1.82, 2.24) is 24.1 Å². The molecule has 8 nitrogen and oxygen atoms in total. The van der Waals surface area contributed by atoms with Crippen LogP contribution in [-0.4, -0.2) is 58.8 Å². The van der Waals surface area contributed by atoms with E-state index in [1.54, 1.807) is 30.6 Å². The fraction of sp³-hybridized carbons (Fsp3) is 0.208. The lowest BCUT2D eigenvalue weighted by atomic mass is 10.2. The Morgan fingerprint density at radius 1 is 0.912 bits per heavy atom. The molecule has 0 radical (unpaired) electrons. The molecule has 0 unspecified atom stereocenters. The van der Waals surface area contributed by atoms with Crippen LogP contribution < -0.4 is 0 Å². The summed E-state index contributed by atoms with van der Waals surface area (Å²) in [6.07, 6.45) is 3.46. The molecule has 1 aliphatic heterocycles. The van der Waals surface area contributed by atoms with Crippen molar-refractivity contribution in [2.24, 2.45) is 0 Å². The Morgan fingerprint density at radius 3 is 2.44 bits per heavy atom. The summed E-state index contributed by atoms with van der Waals surface area (Å²) in [7, 11) is -3.55. The van der Waals surface area contributed by atoms with Gasteiger partial charge in [-0.25, -0.2) is 8.42 Å². The van der Waals surface area contributed by atoms with Gasteiger partial charge in [0.2, 0.25) is 10.0 Å². The minimum atomic E-state index is -3.55. The molecular weight excluding hydrogens is 470 g/mol. The maximum atomic E-state index is 13.0. The molecule has 174 valence electrons. The quantitative estimate of drug-likeness (QED) is 0.363. The van der Waals surface area contributed by atoms with Crippen molar-refractivity contribution in [3.8, 4) is 17.1 Å². The van der Waals surface area contributed by atoms with Crippen LogP contribution in [0.25, 0.3) is 17.1 Å². The number of hydrogen-bond acceptors (Lipinski definition) is 7. The van der Waals surface area contributed by atoms with Gasteiger partial charge < -0.3 is 4.74 Å². The van der Waals surface area contributed by atoms with Gasteiger partial charge in [0, 0.05) is 42.5 Å². The van der Waals surface area contributed by atoms with E-state index in [0.717, 1.165) is 27.8 Å². The first-order valence-electron chi connectivity index (χ1n) is 10.8. The van der Waals surface area contributed by atoms with Gasteiger partial charge in [0.25, 0.3) is 0 Å². The number of aromatic nitrogens is 4. The van der Waals surface area contributed by atoms with Gasteiger partial charge in [0.15, 0.2) is 11.0 Å². The van der Waals surface area contributed by atoms with Gasteiger partial charge in [0.05, 0.1) is 18.1 Å². The third-order valence-electron chi connectivity index (χ3n) is 5.46. The number of pyridine rings is 1. The zero-order valence-corrected chi connectivity index (χ0v) is 20.0. The van der Waals surface area contributed by atoms with Gasteiger partial charge in [0.1, 0.15) is 0 Å². The number of morpholine rings is 1. The molecule has 1 fully saturated rings. The molecule has 4 aromatic rings. The van der Waals surface area contributed by atoms with Crippen LogP contribution in [0.15, 0.2) is 89.2 Å². The van der Waals surface area contributed by atoms with Gasteiger partial charge in [-0.15, -0.1) is 10.2 Å². The molecule has 1 aliphatic rings. The Balaban J connectivity index is 1.42. The van der Waals surface area contributed by atoms with Gasteiger partial charge in [-0.05, 0) is 42.0 Å². The highest BCUT2D eigenvalue weighted by Crippen LogP contribution is 2.30. The molecule has 1 saturated heterocycles. The van der Waals surface area contributed by atoms with Gasteiger partial charge in [-0.1, -0.05) is 42.1 Å². The summed E-state index contributed by atoms with van der Waals surface area (Å²) in [5.74, 6) is 1.27. The molecule has 0 spiro atoms. The molecular formula is C24H23N5O3S2. The molecule has 2 aromatic heterocycles. The van der Waals surface area contributed by atoms with Crippen LogP contribution in [0.2, 0.25) is 0 Å². The van der Waals surface area contributed by atoms with E-state index in [-0.39, 0.29) is 0 Å². The number of para-hydroxylation sites is 1. The predicted octanol–water partition coefficient (Wildman–Crippen LogP) is 3.64. The first-order chi connectivity index (χ1) is 16.6. The average molecular weight is 494 g/mol. The monoisotopic (exact) mass is 493 g/mol. The third-order valence-corrected chi connectivity index (χ3v) is 8.36. The molecule has 0 atom stereocenters. The van der Waals surface area contributed by atoms with E-state index in [1.165, 1.54) is 16.1 Å². The second kappa shape index (κ2) is 10.1. The largest absolute Gasteiger partial charge is 0.379 e. The number of thioether (sulfide) groups is 1. The fourth-order valence-corrected chi connectivity index (χ4v) is 6.11. The normalized spacial score (nSPS) is 14.8. The van der Waals surface area contributed by atoms with Gasteiger partial charge >= 0.3 is 0 Å². The highest BCUT2D eigenvalue weighted by Gasteiger charge is 2.26. The number of nitrogens with zero attached hydrogens (tertiary/aromatic N) is 5. The Labute approximate surface area is 202 Å². The van der Waals surface area contributed by atoms with Crippen molar-refractivity contribution in [2.75, 3.05) is 26.3 Å². The maximum absolute atomic E-state index is 13.0. The molecule has 0 N–H and O–H groups in total. The first kappa shape index (κ1) is 22.7. The summed E-state index contributed by atoms with van der Waals surface area (Å²) in [6, 6.07) is 20.8. The highest BCUT2D eigenvalue weighted by atomic mass is 32.2. The summed E-state index contributed by atoms with van der Waals surface area (Å²) in [5, 5.41) is 9.61. The molecule has 2 aromatic carbocycles. The lowest BCUT2D eigenvalue weighted by Gasteiger charge is -2.26. The van der Waals surface area contributed by atoms with Gasteiger partial charge in [-0.3, -0.25) is 9.55 Å². The molecule has 5 rings (SSSR count). The van der Waals surface area contributed by atoms with Crippen LogP contribution in [0.4, 0.5) is 0 Å². The van der Waals surface area contributed by atoms with Gasteiger partial charge in [-0.2, -0.15) is 4.31 Å². The number of rotatable bonds is 7. The lowest BCUT2D eigenvalue weighted by Crippen LogP contribution is -2.40. The summed E-state index contributed by atoms with van der Waals surface area (Å²) in [4.78, 5) is 4.40. The maximum Gasteiger partial charge on any atom is 0.243 e. The topological polar surface area (TPSA) is 90.2 Å². The standard InChI is InChI=1S/C24H23N5O3S2/c30-34(31,28-13-15-32-16-14-28)22-8-4-5-19(17-22)18-33-24-27-26-23(20-9-11-25-12-10-20)29(24)21-6-2-1-3-7-21/h1-12,17H,13-16,18H2. The van der Waals surface area contributed by atoms with Crippen molar-refractivity contribution in [2.45, 2.75) is 15.8 Å². The molecule has 34 heavy (non-hydrogen) atoms. The van der Waals surface area contributed by atoms with E-state index in [4.69, 9.17) is 4.74 Å². The SMILES string of the molecule is O=S(=O)(c1cccc(CSc2nnc(-c3ccncc3)n2-c2ccccc2)c1)N1CCOCC1. The fourth-order valence-electron chi connectivity index (χ4n) is 3.74. The van der Waals surface area contributed by atoms with Crippen molar-refractivity contribution in [3.63, 3.8) is 0 Å². The molecule has 0 saturated carbocycles. The van der Waals surface area contributed by atoms with Crippen LogP contribution in [0.5, 0.6) is 0 Å². The van der Waals surface area contributed by atoms with E-state index in [2.05, 4.69) is 15.2 Å². The molecule has 0 amide bonds. The van der Waals surface area contributed by atoms with Crippen LogP contribution in [0.3, 0.4) is 0 Å². The van der Waals surface area contributed by atoms with E-state index in [0.29, 0.717) is 37.0 Å². The second-order valence-electron chi connectivity index (χ2n) is 7.67. The zero-order chi connectivity index (χ0) is 23.4. The third kappa shape index (κ3) is 4.76. The first-order valence-corrected chi connectivity index (χ1v) is 13.3. The highest BCUT2D eigenvalue weighted by molar-refractivity contribution is 7.98. The Hall–Kier alpha value is -3.05. The van der Waals surface area contributed by atoms with Crippen LogP contribution in [-0.2, 0) is 20.5 Å². The Kier molecular flexibility index (Phi) is 6.73. The minimum absolute atomic E-state index is 0.300. The molecule has 3 heterocycles. The smallest absolute Gasteiger partial charge is 0.243 e. The van der Waals surface area contributed by atoms with Crippen LogP contribution >= 0.6 is 11.8 Å². The van der Waals surface area contributed by atoms with E-state index < -0.39 is 10.0 Å². The predicted molar refractivity (Wildman–Crippen MR) is 130 cm³/mol. The number of sulfonamides is 1. The van der Waals surface area contributed by atoms with Crippen LogP contribution in [0.1, 0.15) is 5.56 Å². The van der Waals surface area contributed by atoms with Crippen molar-refractivity contribution in [1.29, 1.82) is 0 Å². The molecule has 0 aliphatic carbocycles. The number of ether oxygens (including phenoxy) is 1. The Morgan fingerprint density at radius 2 is 1.68 bits per heavy atom. The zero-order valence-electron chi connectivity index (χ0n) is 18.3. The Bertz CT molecular complexity index is 1360. The van der Waals surface area contributed by atoms with Crippen LogP contribution in [0, 0.1) is 0 Å². The summed E-state index contributed by atoms with van der Waals surface area (Å²) in [5.41, 5.74) is 2.76. The van der Waals surface area contributed by atoms with Crippen molar-refractivity contribution >= 4 is 21.8 Å². The molecule has 0 bridgehead atoms. The molecule has 10 heteroatoms. The summed E-state index contributed by atoms with van der Waals surface area (Å²) in [6.45, 7) is 1.59. The second-order valence-corrected chi connectivity index (χ2v) is 10.5. The van der Waals surface area contributed by atoms with E-state index >= 15 is 0 Å². The van der Waals surface area contributed by atoms with E-state index in [9.17, 15) is 8.42 Å². The van der Waals surface area contributed by atoms with E-state index in [1.807, 2.05) is 53.1 Å².